The predicted molar refractivity (Wildman–Crippen MR) is 109 cm³/mol. The van der Waals surface area contributed by atoms with E-state index in [2.05, 4.69) is 25.8 Å². The summed E-state index contributed by atoms with van der Waals surface area (Å²) in [5.41, 5.74) is 1.81. The number of aliphatic imine (C=N–C) groups is 1. The van der Waals surface area contributed by atoms with E-state index in [0.717, 1.165) is 23.4 Å². The number of hydrogen-bond donors (Lipinski definition) is 3. The molecule has 8 nitrogen and oxygen atoms in total. The summed E-state index contributed by atoms with van der Waals surface area (Å²) in [5, 5.41) is 25.5. The van der Waals surface area contributed by atoms with Crippen LogP contribution >= 0.6 is 0 Å². The fourth-order valence-corrected chi connectivity index (χ4v) is 2.74. The van der Waals surface area contributed by atoms with Crippen LogP contribution in [0.4, 0.5) is 0 Å². The van der Waals surface area contributed by atoms with Gasteiger partial charge in [-0.1, -0.05) is 12.1 Å². The monoisotopic (exact) mass is 381 g/mol. The zero-order valence-electron chi connectivity index (χ0n) is 16.5. The quantitative estimate of drug-likeness (QED) is 0.427. The van der Waals surface area contributed by atoms with Crippen LogP contribution in [0.5, 0.6) is 0 Å². The molecule has 1 aromatic carbocycles. The van der Waals surface area contributed by atoms with Crippen LogP contribution in [-0.2, 0) is 19.2 Å². The molecule has 3 aromatic rings. The lowest BCUT2D eigenvalue weighted by molar-refractivity contribution is 0.0616. The van der Waals surface area contributed by atoms with Crippen LogP contribution in [0.2, 0.25) is 0 Å². The van der Waals surface area contributed by atoms with E-state index in [0.29, 0.717) is 19.0 Å². The van der Waals surface area contributed by atoms with Crippen LogP contribution in [0.1, 0.15) is 25.0 Å². The summed E-state index contributed by atoms with van der Waals surface area (Å²) in [6.07, 6.45) is 7.15. The Morgan fingerprint density at radius 2 is 2.00 bits per heavy atom. The van der Waals surface area contributed by atoms with E-state index in [1.807, 2.05) is 61.4 Å². The van der Waals surface area contributed by atoms with Crippen LogP contribution in [0, 0.1) is 0 Å². The van der Waals surface area contributed by atoms with Crippen LogP contribution < -0.4 is 10.6 Å². The highest BCUT2D eigenvalue weighted by molar-refractivity contribution is 5.79. The minimum Gasteiger partial charge on any atom is -0.383 e. The molecule has 0 saturated heterocycles. The molecule has 2 heterocycles. The molecule has 2 aromatic heterocycles. The first kappa shape index (κ1) is 19.6. The molecule has 0 spiro atoms. The standard InChI is InChI=1S/C20H27N7O/c1-4-21-19(23-15-20(2,28)17-13-25-26(3)14-17)22-12-16-6-8-18(9-7-16)27-11-5-10-24-27/h5-11,13-14,28H,4,12,15H2,1-3H3,(H2,21,22,23). The molecule has 148 valence electrons. The van der Waals surface area contributed by atoms with Crippen molar-refractivity contribution < 1.29 is 5.11 Å². The average molecular weight is 381 g/mol. The van der Waals surface area contributed by atoms with E-state index >= 15 is 0 Å². The van der Waals surface area contributed by atoms with Gasteiger partial charge in [-0.3, -0.25) is 4.68 Å². The molecular weight excluding hydrogens is 354 g/mol. The van der Waals surface area contributed by atoms with E-state index in [4.69, 9.17) is 0 Å². The molecule has 0 aliphatic carbocycles. The van der Waals surface area contributed by atoms with Gasteiger partial charge < -0.3 is 15.7 Å². The summed E-state index contributed by atoms with van der Waals surface area (Å²) in [6, 6.07) is 10.0. The van der Waals surface area contributed by atoms with Crippen LogP contribution in [0.25, 0.3) is 5.69 Å². The van der Waals surface area contributed by atoms with Gasteiger partial charge >= 0.3 is 0 Å². The molecular formula is C20H27N7O. The Bertz CT molecular complexity index is 895. The van der Waals surface area contributed by atoms with E-state index < -0.39 is 5.60 Å². The molecule has 1 atom stereocenters. The maximum atomic E-state index is 10.7. The SMILES string of the molecule is CCNC(=NCc1ccc(-n2cccn2)cc1)NCC(C)(O)c1cnn(C)c1. The lowest BCUT2D eigenvalue weighted by Gasteiger charge is -2.23. The summed E-state index contributed by atoms with van der Waals surface area (Å²) in [7, 11) is 1.83. The second-order valence-electron chi connectivity index (χ2n) is 6.84. The molecule has 0 radical (unpaired) electrons. The van der Waals surface area contributed by atoms with Crippen molar-refractivity contribution in [2.45, 2.75) is 26.0 Å². The smallest absolute Gasteiger partial charge is 0.191 e. The Morgan fingerprint density at radius 3 is 2.61 bits per heavy atom. The molecule has 1 unspecified atom stereocenters. The first-order valence-corrected chi connectivity index (χ1v) is 9.30. The topological polar surface area (TPSA) is 92.3 Å². The first-order chi connectivity index (χ1) is 13.5. The van der Waals surface area contributed by atoms with Gasteiger partial charge in [0.2, 0.25) is 0 Å². The number of aliphatic hydroxyl groups is 1. The van der Waals surface area contributed by atoms with Crippen LogP contribution in [0.3, 0.4) is 0 Å². The van der Waals surface area contributed by atoms with E-state index in [1.165, 1.54) is 0 Å². The Kier molecular flexibility index (Phi) is 6.10. The number of nitrogens with one attached hydrogen (secondary N) is 2. The Morgan fingerprint density at radius 1 is 1.21 bits per heavy atom. The predicted octanol–water partition coefficient (Wildman–Crippen LogP) is 1.57. The van der Waals surface area contributed by atoms with Crippen molar-refractivity contribution in [3.05, 3.63) is 66.2 Å². The number of guanidine groups is 1. The molecule has 28 heavy (non-hydrogen) atoms. The summed E-state index contributed by atoms with van der Waals surface area (Å²) in [5.74, 6) is 0.655. The van der Waals surface area contributed by atoms with Gasteiger partial charge in [0.25, 0.3) is 0 Å². The molecule has 3 N–H and O–H groups in total. The van der Waals surface area contributed by atoms with Gasteiger partial charge in [0.15, 0.2) is 5.96 Å². The first-order valence-electron chi connectivity index (χ1n) is 9.30. The molecule has 0 aliphatic rings. The minimum absolute atomic E-state index is 0.322. The van der Waals surface area contributed by atoms with Crippen molar-refractivity contribution in [2.24, 2.45) is 12.0 Å². The lowest BCUT2D eigenvalue weighted by atomic mass is 10.00. The van der Waals surface area contributed by atoms with E-state index in [1.54, 1.807) is 24.0 Å². The van der Waals surface area contributed by atoms with E-state index in [9.17, 15) is 5.11 Å². The summed E-state index contributed by atoms with van der Waals surface area (Å²) in [4.78, 5) is 4.62. The largest absolute Gasteiger partial charge is 0.383 e. The fraction of sp³-hybridized carbons (Fsp3) is 0.350. The third kappa shape index (κ3) is 4.98. The number of hydrogen-bond acceptors (Lipinski definition) is 4. The number of aryl methyl sites for hydroxylation is 1. The fourth-order valence-electron chi connectivity index (χ4n) is 2.74. The molecule has 0 fully saturated rings. The van der Waals surface area contributed by atoms with Crippen LogP contribution in [0.15, 0.2) is 60.1 Å². The van der Waals surface area contributed by atoms with Crippen molar-refractivity contribution in [1.29, 1.82) is 0 Å². The van der Waals surface area contributed by atoms with Crippen molar-refractivity contribution in [2.75, 3.05) is 13.1 Å². The summed E-state index contributed by atoms with van der Waals surface area (Å²) < 4.78 is 3.50. The third-order valence-electron chi connectivity index (χ3n) is 4.40. The van der Waals surface area contributed by atoms with Gasteiger partial charge in [0.1, 0.15) is 5.60 Å². The van der Waals surface area contributed by atoms with Crippen molar-refractivity contribution >= 4 is 5.96 Å². The second kappa shape index (κ2) is 8.71. The maximum Gasteiger partial charge on any atom is 0.191 e. The van der Waals surface area contributed by atoms with Gasteiger partial charge in [-0.15, -0.1) is 0 Å². The summed E-state index contributed by atoms with van der Waals surface area (Å²) >= 11 is 0. The minimum atomic E-state index is -1.05. The average Bonchev–Trinajstić information content (AvgIpc) is 3.37. The summed E-state index contributed by atoms with van der Waals surface area (Å²) in [6.45, 7) is 5.36. The molecule has 0 saturated carbocycles. The molecule has 3 rings (SSSR count). The van der Waals surface area contributed by atoms with Gasteiger partial charge in [-0.2, -0.15) is 10.2 Å². The van der Waals surface area contributed by atoms with Crippen molar-refractivity contribution in [3.63, 3.8) is 0 Å². The third-order valence-corrected chi connectivity index (χ3v) is 4.40. The van der Waals surface area contributed by atoms with Crippen molar-refractivity contribution in [3.8, 4) is 5.69 Å². The maximum absolute atomic E-state index is 10.7. The zero-order valence-corrected chi connectivity index (χ0v) is 16.5. The molecule has 0 amide bonds. The number of rotatable bonds is 7. The van der Waals surface area contributed by atoms with Gasteiger partial charge in [0.05, 0.1) is 25.0 Å². The molecule has 8 heteroatoms. The zero-order chi connectivity index (χ0) is 20.0. The lowest BCUT2D eigenvalue weighted by Crippen LogP contribution is -2.44. The highest BCUT2D eigenvalue weighted by Crippen LogP contribution is 2.18. The van der Waals surface area contributed by atoms with Gasteiger partial charge in [0, 0.05) is 37.7 Å². The molecule has 0 aliphatic heterocycles. The van der Waals surface area contributed by atoms with Crippen LogP contribution in [-0.4, -0.2) is 43.7 Å². The number of nitrogens with zero attached hydrogens (tertiary/aromatic N) is 5. The van der Waals surface area contributed by atoms with E-state index in [-0.39, 0.29) is 0 Å². The highest BCUT2D eigenvalue weighted by atomic mass is 16.3. The molecule has 0 bridgehead atoms. The normalized spacial score (nSPS) is 13.9. The Labute approximate surface area is 164 Å². The number of aromatic nitrogens is 4. The van der Waals surface area contributed by atoms with Gasteiger partial charge in [-0.25, -0.2) is 9.67 Å². The second-order valence-corrected chi connectivity index (χ2v) is 6.84. The Balaban J connectivity index is 1.62. The highest BCUT2D eigenvalue weighted by Gasteiger charge is 2.24. The van der Waals surface area contributed by atoms with Crippen molar-refractivity contribution in [1.82, 2.24) is 30.2 Å². The van der Waals surface area contributed by atoms with Gasteiger partial charge in [-0.05, 0) is 37.6 Å². The number of benzene rings is 1. The Hall–Kier alpha value is -3.13.